The summed E-state index contributed by atoms with van der Waals surface area (Å²) >= 11 is 1.35. The van der Waals surface area contributed by atoms with Gasteiger partial charge in [-0.2, -0.15) is 13.2 Å². The van der Waals surface area contributed by atoms with Gasteiger partial charge in [-0.15, -0.1) is 11.8 Å². The van der Waals surface area contributed by atoms with E-state index in [9.17, 15) is 37.5 Å². The lowest BCUT2D eigenvalue weighted by Crippen LogP contribution is -2.68. The van der Waals surface area contributed by atoms with Crippen LogP contribution in [0.4, 0.5) is 13.2 Å². The summed E-state index contributed by atoms with van der Waals surface area (Å²) in [6.45, 7) is -0.118. The van der Waals surface area contributed by atoms with Crippen LogP contribution in [0.2, 0.25) is 0 Å². The Kier molecular flexibility index (Phi) is 7.00. The van der Waals surface area contributed by atoms with Crippen molar-refractivity contribution in [1.82, 2.24) is 9.80 Å². The molecule has 2 amide bonds. The van der Waals surface area contributed by atoms with Gasteiger partial charge >= 0.3 is 24.1 Å². The molecule has 3 rings (SSSR count). The second-order valence-electron chi connectivity index (χ2n) is 6.46. The molecular formula is C16H16F3N3O8S. The van der Waals surface area contributed by atoms with Gasteiger partial charge < -0.3 is 26.0 Å². The van der Waals surface area contributed by atoms with Crippen molar-refractivity contribution in [3.8, 4) is 0 Å². The molecule has 0 bridgehead atoms. The number of rotatable bonds is 4. The van der Waals surface area contributed by atoms with Crippen molar-refractivity contribution in [1.29, 1.82) is 0 Å². The van der Waals surface area contributed by atoms with Crippen LogP contribution in [-0.4, -0.2) is 91.3 Å². The smallest absolute Gasteiger partial charge is 0.480 e. The van der Waals surface area contributed by atoms with E-state index < -0.39 is 53.9 Å². The van der Waals surface area contributed by atoms with Gasteiger partial charge in [-0.1, -0.05) is 0 Å². The first kappa shape index (κ1) is 24.2. The first-order valence-electron chi connectivity index (χ1n) is 8.44. The summed E-state index contributed by atoms with van der Waals surface area (Å²) < 4.78 is 31.7. The molecule has 2 fully saturated rings. The summed E-state index contributed by atoms with van der Waals surface area (Å²) in [6, 6.07) is -0.710. The molecule has 0 saturated carbocycles. The standard InChI is InChI=1S/C14H15N3O6S.C2HF3O2/c15-9-12(21)17-10(14(22)23)7(5-24-13(9)17)3-6-1-2-16(11(6)20)4-8(18)19;3-2(4,5)1(6)7/h3,9,13H,1-2,4-5,15H2,(H,18,19)(H,22,23);(H,6,7)/b6-3+;/t9-,13-;/m1./s1. The Balaban J connectivity index is 0.000000423. The van der Waals surface area contributed by atoms with Crippen LogP contribution < -0.4 is 5.73 Å². The highest BCUT2D eigenvalue weighted by Crippen LogP contribution is 2.40. The number of β-lactam (4-membered cyclic amide) rings is 1. The monoisotopic (exact) mass is 467 g/mol. The van der Waals surface area contributed by atoms with Crippen LogP contribution in [0.15, 0.2) is 22.9 Å². The Morgan fingerprint density at radius 2 is 1.77 bits per heavy atom. The number of hydrogen-bond acceptors (Lipinski definition) is 7. The third-order valence-corrected chi connectivity index (χ3v) is 5.69. The number of carbonyl (C=O) groups excluding carboxylic acids is 2. The van der Waals surface area contributed by atoms with Crippen molar-refractivity contribution in [2.45, 2.75) is 24.0 Å². The highest BCUT2D eigenvalue weighted by molar-refractivity contribution is 8.00. The largest absolute Gasteiger partial charge is 0.490 e. The molecule has 0 aromatic rings. The number of carboxylic acids is 3. The van der Waals surface area contributed by atoms with E-state index in [2.05, 4.69) is 0 Å². The van der Waals surface area contributed by atoms with Gasteiger partial charge in [0.05, 0.1) is 0 Å². The third-order valence-electron chi connectivity index (χ3n) is 4.37. The lowest BCUT2D eigenvalue weighted by Gasteiger charge is -2.47. The maximum absolute atomic E-state index is 12.2. The number of nitrogens with two attached hydrogens (primary N) is 1. The Hall–Kier alpha value is -3.07. The predicted octanol–water partition coefficient (Wildman–Crippen LogP) is -0.556. The van der Waals surface area contributed by atoms with Gasteiger partial charge in [-0.25, -0.2) is 9.59 Å². The van der Waals surface area contributed by atoms with Gasteiger partial charge in [0.1, 0.15) is 23.7 Å². The van der Waals surface area contributed by atoms with E-state index in [-0.39, 0.29) is 12.2 Å². The second kappa shape index (κ2) is 8.97. The molecule has 11 nitrogen and oxygen atoms in total. The molecule has 3 heterocycles. The van der Waals surface area contributed by atoms with Crippen LogP contribution in [0.3, 0.4) is 0 Å². The van der Waals surface area contributed by atoms with Crippen LogP contribution in [-0.2, 0) is 24.0 Å². The highest BCUT2D eigenvalue weighted by Gasteiger charge is 2.51. The van der Waals surface area contributed by atoms with E-state index >= 15 is 0 Å². The molecule has 3 aliphatic rings. The first-order chi connectivity index (χ1) is 14.3. The van der Waals surface area contributed by atoms with E-state index in [0.717, 1.165) is 4.90 Å². The molecule has 0 aliphatic carbocycles. The Morgan fingerprint density at radius 1 is 1.19 bits per heavy atom. The SMILES string of the molecule is N[C@@H]1C(=O)N2C(C(=O)O)=C(/C=C3\CCN(CC(=O)O)C3=O)CS[C@H]12.O=C(O)C(F)(F)F. The van der Waals surface area contributed by atoms with Crippen molar-refractivity contribution in [2.75, 3.05) is 18.8 Å². The Labute approximate surface area is 175 Å². The number of hydrogen-bond donors (Lipinski definition) is 4. The molecule has 0 radical (unpaired) electrons. The molecule has 0 unspecified atom stereocenters. The topological polar surface area (TPSA) is 179 Å². The molecule has 31 heavy (non-hydrogen) atoms. The number of allylic oxidation sites excluding steroid dienone is 1. The average molecular weight is 467 g/mol. The van der Waals surface area contributed by atoms with Gasteiger partial charge in [-0.3, -0.25) is 19.3 Å². The zero-order valence-electron chi connectivity index (χ0n) is 15.5. The molecule has 2 atom stereocenters. The van der Waals surface area contributed by atoms with Crippen LogP contribution in [0.5, 0.6) is 0 Å². The van der Waals surface area contributed by atoms with Gasteiger partial charge in [0, 0.05) is 17.9 Å². The van der Waals surface area contributed by atoms with Crippen LogP contribution in [0.25, 0.3) is 0 Å². The molecule has 2 saturated heterocycles. The van der Waals surface area contributed by atoms with Crippen molar-refractivity contribution in [3.63, 3.8) is 0 Å². The number of amides is 2. The lowest BCUT2D eigenvalue weighted by atomic mass is 10.0. The maximum atomic E-state index is 12.2. The number of likely N-dealkylation sites (tertiary alicyclic amines) is 1. The molecule has 0 aromatic heterocycles. The first-order valence-corrected chi connectivity index (χ1v) is 9.49. The normalized spacial score (nSPS) is 24.5. The van der Waals surface area contributed by atoms with Gasteiger partial charge in [0.25, 0.3) is 0 Å². The number of nitrogens with zero attached hydrogens (tertiary/aromatic N) is 2. The summed E-state index contributed by atoms with van der Waals surface area (Å²) in [5, 5.41) is 25.0. The number of aliphatic carboxylic acids is 3. The summed E-state index contributed by atoms with van der Waals surface area (Å²) in [6.07, 6.45) is -3.28. The maximum Gasteiger partial charge on any atom is 0.490 e. The van der Waals surface area contributed by atoms with Crippen molar-refractivity contribution in [3.05, 3.63) is 22.9 Å². The molecule has 0 spiro atoms. The number of carboxylic acid groups (broad SMARTS) is 3. The number of halogens is 3. The molecule has 3 aliphatic heterocycles. The summed E-state index contributed by atoms with van der Waals surface area (Å²) in [5.74, 6) is -5.67. The molecular weight excluding hydrogens is 451 g/mol. The number of carbonyl (C=O) groups is 5. The zero-order chi connectivity index (χ0) is 23.7. The minimum absolute atomic E-state index is 0.151. The van der Waals surface area contributed by atoms with Crippen molar-refractivity contribution in [2.24, 2.45) is 5.73 Å². The number of alkyl halides is 3. The fourth-order valence-electron chi connectivity index (χ4n) is 2.98. The van der Waals surface area contributed by atoms with Crippen LogP contribution >= 0.6 is 11.8 Å². The van der Waals surface area contributed by atoms with E-state index in [4.69, 9.17) is 20.7 Å². The highest BCUT2D eigenvalue weighted by atomic mass is 32.2. The van der Waals surface area contributed by atoms with Gasteiger partial charge in [0.2, 0.25) is 11.8 Å². The predicted molar refractivity (Wildman–Crippen MR) is 96.3 cm³/mol. The fraction of sp³-hybridized carbons (Fsp3) is 0.438. The van der Waals surface area contributed by atoms with Crippen LogP contribution in [0.1, 0.15) is 6.42 Å². The zero-order valence-corrected chi connectivity index (χ0v) is 16.3. The van der Waals surface area contributed by atoms with Crippen LogP contribution in [0, 0.1) is 0 Å². The van der Waals surface area contributed by atoms with E-state index in [0.29, 0.717) is 23.3 Å². The van der Waals surface area contributed by atoms with Gasteiger partial charge in [0.15, 0.2) is 0 Å². The molecule has 15 heteroatoms. The number of fused-ring (bicyclic) bond motifs is 1. The van der Waals surface area contributed by atoms with Crippen molar-refractivity contribution >= 4 is 41.5 Å². The van der Waals surface area contributed by atoms with E-state index in [1.807, 2.05) is 0 Å². The summed E-state index contributed by atoms with van der Waals surface area (Å²) in [4.78, 5) is 57.6. The Bertz CT molecular complexity index is 901. The Morgan fingerprint density at radius 3 is 2.26 bits per heavy atom. The minimum Gasteiger partial charge on any atom is -0.480 e. The van der Waals surface area contributed by atoms with E-state index in [1.54, 1.807) is 0 Å². The minimum atomic E-state index is -5.08. The summed E-state index contributed by atoms with van der Waals surface area (Å²) in [5.41, 5.74) is 6.24. The molecule has 170 valence electrons. The number of thioether (sulfide) groups is 1. The third kappa shape index (κ3) is 5.16. The van der Waals surface area contributed by atoms with E-state index in [1.165, 1.54) is 22.7 Å². The van der Waals surface area contributed by atoms with Gasteiger partial charge in [-0.05, 0) is 18.1 Å². The average Bonchev–Trinajstić information content (AvgIpc) is 2.99. The molecule has 5 N–H and O–H groups in total. The summed E-state index contributed by atoms with van der Waals surface area (Å²) in [7, 11) is 0. The lowest BCUT2D eigenvalue weighted by molar-refractivity contribution is -0.192. The van der Waals surface area contributed by atoms with Crippen molar-refractivity contribution < 1.29 is 52.5 Å². The quantitative estimate of drug-likeness (QED) is 0.309. The fourth-order valence-corrected chi connectivity index (χ4v) is 4.23. The second-order valence-corrected chi connectivity index (χ2v) is 7.56. The molecule has 0 aromatic carbocycles.